The van der Waals surface area contributed by atoms with E-state index in [0.717, 1.165) is 16.2 Å². The van der Waals surface area contributed by atoms with Gasteiger partial charge in [0.05, 0.1) is 10.7 Å². The van der Waals surface area contributed by atoms with E-state index in [0.29, 0.717) is 10.7 Å². The van der Waals surface area contributed by atoms with Crippen molar-refractivity contribution < 1.29 is 0 Å². The maximum Gasteiger partial charge on any atom is 0.0868 e. The van der Waals surface area contributed by atoms with Crippen LogP contribution in [0, 0.1) is 10.8 Å². The highest BCUT2D eigenvalue weighted by atomic mass is 14.4. The highest BCUT2D eigenvalue weighted by Crippen LogP contribution is 2.31. The third-order valence-electron chi connectivity index (χ3n) is 3.65. The lowest BCUT2D eigenvalue weighted by Crippen LogP contribution is -2.23. The van der Waals surface area contributed by atoms with E-state index < -0.39 is 0 Å². The fourth-order valence-electron chi connectivity index (χ4n) is 2.81. The maximum atomic E-state index is 8.04. The molecule has 0 fully saturated rings. The third-order valence-corrected chi connectivity index (χ3v) is 3.65. The van der Waals surface area contributed by atoms with E-state index >= 15 is 0 Å². The lowest BCUT2D eigenvalue weighted by molar-refractivity contribution is 1.16. The zero-order valence-electron chi connectivity index (χ0n) is 9.62. The van der Waals surface area contributed by atoms with Gasteiger partial charge in [0.1, 0.15) is 0 Å². The molecule has 0 aromatic heterocycles. The van der Waals surface area contributed by atoms with E-state index in [1.54, 1.807) is 6.07 Å². The quantitative estimate of drug-likeness (QED) is 0.436. The second kappa shape index (κ2) is 3.05. The van der Waals surface area contributed by atoms with Crippen molar-refractivity contribution >= 4 is 32.3 Å². The Hall–Kier alpha value is -2.48. The molecule has 4 aromatic rings. The fourth-order valence-corrected chi connectivity index (χ4v) is 2.81. The second-order valence-electron chi connectivity index (χ2n) is 4.66. The van der Waals surface area contributed by atoms with E-state index in [4.69, 9.17) is 10.8 Å². The van der Waals surface area contributed by atoms with Crippen LogP contribution in [0.25, 0.3) is 32.3 Å². The Morgan fingerprint density at radius 1 is 0.667 bits per heavy atom. The molecule has 0 spiro atoms. The van der Waals surface area contributed by atoms with E-state index in [9.17, 15) is 0 Å². The second-order valence-corrected chi connectivity index (χ2v) is 4.66. The summed E-state index contributed by atoms with van der Waals surface area (Å²) in [5.74, 6) is 0. The summed E-state index contributed by atoms with van der Waals surface area (Å²) in [5.41, 5.74) is 0. The van der Waals surface area contributed by atoms with Crippen LogP contribution >= 0.6 is 0 Å². The minimum absolute atomic E-state index is 0.292. The zero-order valence-corrected chi connectivity index (χ0v) is 9.62. The summed E-state index contributed by atoms with van der Waals surface area (Å²) in [6, 6.07) is 16.2. The predicted molar refractivity (Wildman–Crippen MR) is 73.0 cm³/mol. The van der Waals surface area contributed by atoms with Gasteiger partial charge in [-0.25, -0.2) is 0 Å². The summed E-state index contributed by atoms with van der Waals surface area (Å²) in [7, 11) is 0. The number of hydrogen-bond acceptors (Lipinski definition) is 2. The largest absolute Gasteiger partial charge is 0.299 e. The number of hydrogen-bond donors (Lipinski definition) is 2. The molecule has 84 valence electrons. The van der Waals surface area contributed by atoms with Gasteiger partial charge in [-0.05, 0) is 33.0 Å². The number of benzene rings is 4. The highest BCUT2D eigenvalue weighted by Gasteiger charge is 2.08. The monoisotopic (exact) mass is 230 g/mol. The van der Waals surface area contributed by atoms with Crippen LogP contribution in [0.15, 0.2) is 48.5 Å². The molecule has 2 nitrogen and oxygen atoms in total. The highest BCUT2D eigenvalue weighted by molar-refractivity contribution is 6.22. The van der Waals surface area contributed by atoms with Gasteiger partial charge in [0, 0.05) is 5.39 Å². The van der Waals surface area contributed by atoms with Crippen LogP contribution in [0.4, 0.5) is 0 Å². The van der Waals surface area contributed by atoms with Gasteiger partial charge in [0.25, 0.3) is 0 Å². The molecule has 0 aliphatic carbocycles. The molecular weight excluding hydrogens is 220 g/mol. The molecule has 2 N–H and O–H groups in total. The molecule has 0 unspecified atom stereocenters. The van der Waals surface area contributed by atoms with Gasteiger partial charge in [-0.1, -0.05) is 42.5 Å². The van der Waals surface area contributed by atoms with E-state index in [1.807, 2.05) is 18.2 Å². The molecular formula is C16H10N2. The van der Waals surface area contributed by atoms with Crippen molar-refractivity contribution in [3.63, 3.8) is 0 Å². The Kier molecular flexibility index (Phi) is 1.61. The molecule has 0 amide bonds. The first kappa shape index (κ1) is 9.54. The van der Waals surface area contributed by atoms with Crippen molar-refractivity contribution in [2.45, 2.75) is 0 Å². The summed E-state index contributed by atoms with van der Waals surface area (Å²) in [5, 5.41) is 23.2. The minimum atomic E-state index is 0.292. The summed E-state index contributed by atoms with van der Waals surface area (Å²) >= 11 is 0. The average Bonchev–Trinajstić information content (AvgIpc) is 2.40. The average molecular weight is 230 g/mol. The first-order valence-electron chi connectivity index (χ1n) is 5.89. The van der Waals surface area contributed by atoms with Gasteiger partial charge in [-0.15, -0.1) is 0 Å². The molecule has 0 atom stereocenters. The fraction of sp³-hybridized carbons (Fsp3) is 0. The summed E-state index contributed by atoms with van der Waals surface area (Å²) in [4.78, 5) is 0. The Balaban J connectivity index is 2.54. The summed E-state index contributed by atoms with van der Waals surface area (Å²) in [6.07, 6.45) is 0. The summed E-state index contributed by atoms with van der Waals surface area (Å²) < 4.78 is 0. The molecule has 4 rings (SSSR count). The van der Waals surface area contributed by atoms with Gasteiger partial charge in [-0.2, -0.15) is 0 Å². The number of rotatable bonds is 0. The van der Waals surface area contributed by atoms with Crippen LogP contribution in [-0.4, -0.2) is 0 Å². The maximum absolute atomic E-state index is 8.04. The van der Waals surface area contributed by atoms with E-state index in [-0.39, 0.29) is 0 Å². The van der Waals surface area contributed by atoms with Crippen molar-refractivity contribution in [3.05, 3.63) is 59.2 Å². The Bertz CT molecular complexity index is 987. The van der Waals surface area contributed by atoms with Crippen LogP contribution < -0.4 is 10.7 Å². The van der Waals surface area contributed by atoms with Crippen LogP contribution in [0.5, 0.6) is 0 Å². The molecule has 2 heteroatoms. The van der Waals surface area contributed by atoms with Crippen molar-refractivity contribution in [2.75, 3.05) is 0 Å². The first-order chi connectivity index (χ1) is 8.75. The summed E-state index contributed by atoms with van der Waals surface area (Å²) in [6.45, 7) is 0. The molecule has 0 radical (unpaired) electrons. The first-order valence-corrected chi connectivity index (χ1v) is 5.89. The van der Waals surface area contributed by atoms with Crippen molar-refractivity contribution in [1.82, 2.24) is 0 Å². The SMILES string of the molecule is N=c1cc2ccc3cccc4ccc(c1=N)c2c34. The van der Waals surface area contributed by atoms with Crippen molar-refractivity contribution in [1.29, 1.82) is 10.8 Å². The normalized spacial score (nSPS) is 11.8. The Morgan fingerprint density at radius 2 is 1.33 bits per heavy atom. The third kappa shape index (κ3) is 1.02. The number of nitrogens with one attached hydrogen (secondary N) is 2. The van der Waals surface area contributed by atoms with E-state index in [2.05, 4.69) is 24.3 Å². The van der Waals surface area contributed by atoms with Gasteiger partial charge in [0.2, 0.25) is 0 Å². The van der Waals surface area contributed by atoms with Gasteiger partial charge < -0.3 is 0 Å². The molecule has 18 heavy (non-hydrogen) atoms. The van der Waals surface area contributed by atoms with Crippen molar-refractivity contribution in [3.8, 4) is 0 Å². The lowest BCUT2D eigenvalue weighted by Gasteiger charge is -2.09. The van der Waals surface area contributed by atoms with E-state index in [1.165, 1.54) is 16.2 Å². The molecule has 0 saturated carbocycles. The topological polar surface area (TPSA) is 47.7 Å². The van der Waals surface area contributed by atoms with Crippen LogP contribution in [0.1, 0.15) is 0 Å². The Morgan fingerprint density at radius 3 is 2.11 bits per heavy atom. The van der Waals surface area contributed by atoms with Crippen LogP contribution in [-0.2, 0) is 0 Å². The van der Waals surface area contributed by atoms with Crippen LogP contribution in [0.3, 0.4) is 0 Å². The standard InChI is InChI=1S/C16H10N2/c17-13-8-11-5-4-9-2-1-3-10-6-7-12(16(13)18)15(11)14(9)10/h1-8,17-18H. The smallest absolute Gasteiger partial charge is 0.0868 e. The molecule has 0 bridgehead atoms. The molecule has 4 aromatic carbocycles. The van der Waals surface area contributed by atoms with Gasteiger partial charge >= 0.3 is 0 Å². The van der Waals surface area contributed by atoms with Gasteiger partial charge in [0.15, 0.2) is 0 Å². The molecule has 0 heterocycles. The zero-order chi connectivity index (χ0) is 12.3. The Labute approximate surface area is 103 Å². The predicted octanol–water partition coefficient (Wildman–Crippen LogP) is 2.98. The van der Waals surface area contributed by atoms with Crippen molar-refractivity contribution in [2.24, 2.45) is 0 Å². The minimum Gasteiger partial charge on any atom is -0.299 e. The molecule has 0 saturated heterocycles. The molecule has 0 aliphatic heterocycles. The van der Waals surface area contributed by atoms with Gasteiger partial charge in [-0.3, -0.25) is 10.8 Å². The van der Waals surface area contributed by atoms with Crippen LogP contribution in [0.2, 0.25) is 0 Å². The molecule has 0 aliphatic rings. The lowest BCUT2D eigenvalue weighted by atomic mass is 9.94.